The van der Waals surface area contributed by atoms with Crippen LogP contribution in [0.5, 0.6) is 0 Å². The van der Waals surface area contributed by atoms with Gasteiger partial charge in [-0.25, -0.2) is 13.6 Å². The van der Waals surface area contributed by atoms with Crippen LogP contribution in [0.2, 0.25) is 5.02 Å². The molecule has 0 spiro atoms. The Labute approximate surface area is 161 Å². The third-order valence-electron chi connectivity index (χ3n) is 5.37. The number of nitrogens with one attached hydrogen (secondary N) is 2. The van der Waals surface area contributed by atoms with Gasteiger partial charge in [-0.1, -0.05) is 17.7 Å². The zero-order valence-electron chi connectivity index (χ0n) is 15.1. The molecule has 2 atom stereocenters. The van der Waals surface area contributed by atoms with Gasteiger partial charge in [-0.2, -0.15) is 0 Å². The normalized spacial score (nSPS) is 26.2. The van der Waals surface area contributed by atoms with Gasteiger partial charge in [0.15, 0.2) is 0 Å². The first-order valence-electron chi connectivity index (χ1n) is 8.84. The summed E-state index contributed by atoms with van der Waals surface area (Å²) in [6.45, 7) is 2.33. The number of urea groups is 1. The lowest BCUT2D eigenvalue weighted by molar-refractivity contribution is -0.127. The van der Waals surface area contributed by atoms with Crippen molar-refractivity contribution in [1.82, 2.24) is 15.5 Å². The zero-order valence-corrected chi connectivity index (χ0v) is 15.9. The molecule has 148 valence electrons. The SMILES string of the molecule is CO[C@H]1C[C@H](C(NC(=O)N2CCNC(=O)[C@H]2C)c2ccc(F)c(Cl)c2F)C1. The van der Waals surface area contributed by atoms with Crippen LogP contribution >= 0.6 is 11.6 Å². The lowest BCUT2D eigenvalue weighted by atomic mass is 9.74. The quantitative estimate of drug-likeness (QED) is 0.762. The standard InChI is InChI=1S/C18H22ClF2N3O3/c1-9-17(25)22-5-6-24(9)18(26)23-16(10-7-11(8-10)27-2)12-3-4-13(20)14(19)15(12)21/h3-4,9-11,16H,5-8H2,1-2H3,(H,22,25)(H,23,26)/t9-,10-,11-,16?/m1/s1. The minimum absolute atomic E-state index is 0.0353. The summed E-state index contributed by atoms with van der Waals surface area (Å²) in [7, 11) is 1.60. The maximum atomic E-state index is 14.6. The topological polar surface area (TPSA) is 70.7 Å². The Balaban J connectivity index is 1.84. The molecular weight excluding hydrogens is 380 g/mol. The van der Waals surface area contributed by atoms with E-state index in [4.69, 9.17) is 16.3 Å². The highest BCUT2D eigenvalue weighted by Gasteiger charge is 2.40. The van der Waals surface area contributed by atoms with E-state index in [0.717, 1.165) is 6.07 Å². The first-order chi connectivity index (χ1) is 12.8. The summed E-state index contributed by atoms with van der Waals surface area (Å²) in [4.78, 5) is 26.0. The smallest absolute Gasteiger partial charge is 0.318 e. The van der Waals surface area contributed by atoms with Crippen LogP contribution in [0.1, 0.15) is 31.4 Å². The van der Waals surface area contributed by atoms with Gasteiger partial charge in [0.25, 0.3) is 0 Å². The minimum Gasteiger partial charge on any atom is -0.381 e. The fourth-order valence-corrected chi connectivity index (χ4v) is 3.75. The summed E-state index contributed by atoms with van der Waals surface area (Å²) in [6, 6.07) is 0.591. The fourth-order valence-electron chi connectivity index (χ4n) is 3.58. The number of nitrogens with zero attached hydrogens (tertiary/aromatic N) is 1. The molecule has 1 unspecified atom stereocenters. The Morgan fingerprint density at radius 1 is 1.41 bits per heavy atom. The second kappa shape index (κ2) is 7.98. The number of halogens is 3. The average molecular weight is 402 g/mol. The van der Waals surface area contributed by atoms with Gasteiger partial charge in [0.1, 0.15) is 22.7 Å². The van der Waals surface area contributed by atoms with Gasteiger partial charge in [-0.15, -0.1) is 0 Å². The Bertz CT molecular complexity index is 743. The van der Waals surface area contributed by atoms with E-state index in [1.807, 2.05) is 0 Å². The summed E-state index contributed by atoms with van der Waals surface area (Å²) in [5.74, 6) is -2.06. The molecule has 1 heterocycles. The highest BCUT2D eigenvalue weighted by atomic mass is 35.5. The Morgan fingerprint density at radius 3 is 2.78 bits per heavy atom. The highest BCUT2D eigenvalue weighted by Crippen LogP contribution is 2.41. The van der Waals surface area contributed by atoms with Gasteiger partial charge in [0, 0.05) is 25.8 Å². The molecule has 1 aliphatic heterocycles. The van der Waals surface area contributed by atoms with Crippen LogP contribution in [-0.4, -0.2) is 49.2 Å². The molecule has 3 amide bonds. The number of hydrogen-bond donors (Lipinski definition) is 2. The van der Waals surface area contributed by atoms with E-state index in [1.165, 1.54) is 11.0 Å². The van der Waals surface area contributed by atoms with E-state index in [9.17, 15) is 18.4 Å². The average Bonchev–Trinajstić information content (AvgIpc) is 2.60. The lowest BCUT2D eigenvalue weighted by Gasteiger charge is -2.41. The Morgan fingerprint density at radius 2 is 2.11 bits per heavy atom. The zero-order chi connectivity index (χ0) is 19.7. The van der Waals surface area contributed by atoms with Crippen LogP contribution in [0.25, 0.3) is 0 Å². The van der Waals surface area contributed by atoms with Crippen molar-refractivity contribution in [2.24, 2.45) is 5.92 Å². The monoisotopic (exact) mass is 401 g/mol. The number of hydrogen-bond acceptors (Lipinski definition) is 3. The van der Waals surface area contributed by atoms with E-state index in [-0.39, 0.29) is 23.5 Å². The van der Waals surface area contributed by atoms with E-state index >= 15 is 0 Å². The van der Waals surface area contributed by atoms with Crippen LogP contribution in [0, 0.1) is 17.6 Å². The second-order valence-corrected chi connectivity index (χ2v) is 7.32. The van der Waals surface area contributed by atoms with Crippen LogP contribution < -0.4 is 10.6 Å². The number of ether oxygens (including phenoxy) is 1. The maximum Gasteiger partial charge on any atom is 0.318 e. The van der Waals surface area contributed by atoms with E-state index in [1.54, 1.807) is 14.0 Å². The molecule has 9 heteroatoms. The third-order valence-corrected chi connectivity index (χ3v) is 5.72. The van der Waals surface area contributed by atoms with Gasteiger partial charge in [-0.05, 0) is 31.7 Å². The Kier molecular flexibility index (Phi) is 5.86. The third kappa shape index (κ3) is 3.87. The van der Waals surface area contributed by atoms with Crippen molar-refractivity contribution in [2.45, 2.75) is 38.0 Å². The van der Waals surface area contributed by atoms with Crippen molar-refractivity contribution in [3.8, 4) is 0 Å². The number of methoxy groups -OCH3 is 1. The molecule has 3 rings (SSSR count). The molecule has 0 bridgehead atoms. The van der Waals surface area contributed by atoms with E-state index < -0.39 is 34.8 Å². The van der Waals surface area contributed by atoms with Crippen molar-refractivity contribution < 1.29 is 23.1 Å². The summed E-state index contributed by atoms with van der Waals surface area (Å²) >= 11 is 5.73. The minimum atomic E-state index is -0.882. The molecule has 1 saturated heterocycles. The molecular formula is C18H22ClF2N3O3. The summed E-state index contributed by atoms with van der Waals surface area (Å²) in [5.41, 5.74) is 0.128. The molecule has 1 saturated carbocycles. The molecule has 27 heavy (non-hydrogen) atoms. The molecule has 2 fully saturated rings. The van der Waals surface area contributed by atoms with Crippen LogP contribution in [0.4, 0.5) is 13.6 Å². The van der Waals surface area contributed by atoms with Crippen LogP contribution in [0.15, 0.2) is 12.1 Å². The fraction of sp³-hybridized carbons (Fsp3) is 0.556. The summed E-state index contributed by atoms with van der Waals surface area (Å²) in [6.07, 6.45) is 1.30. The second-order valence-electron chi connectivity index (χ2n) is 6.94. The van der Waals surface area contributed by atoms with Crippen LogP contribution in [-0.2, 0) is 9.53 Å². The summed E-state index contributed by atoms with van der Waals surface area (Å²) in [5, 5.41) is 4.91. The number of carbonyl (C=O) groups is 2. The van der Waals surface area contributed by atoms with Crippen molar-refractivity contribution >= 4 is 23.5 Å². The molecule has 1 aromatic rings. The van der Waals surface area contributed by atoms with E-state index in [2.05, 4.69) is 10.6 Å². The molecule has 1 aliphatic carbocycles. The van der Waals surface area contributed by atoms with Crippen molar-refractivity contribution in [1.29, 1.82) is 0 Å². The first kappa shape index (κ1) is 19.8. The molecule has 2 N–H and O–H groups in total. The van der Waals surface area contributed by atoms with E-state index in [0.29, 0.717) is 25.9 Å². The molecule has 0 aromatic heterocycles. The van der Waals surface area contributed by atoms with Gasteiger partial charge < -0.3 is 20.3 Å². The number of amides is 3. The lowest BCUT2D eigenvalue weighted by Crippen LogP contribution is -2.59. The molecule has 1 aromatic carbocycles. The highest BCUT2D eigenvalue weighted by molar-refractivity contribution is 6.31. The van der Waals surface area contributed by atoms with Gasteiger partial charge in [-0.3, -0.25) is 4.79 Å². The Hall–Kier alpha value is -1.93. The molecule has 2 aliphatic rings. The van der Waals surface area contributed by atoms with Crippen molar-refractivity contribution in [3.05, 3.63) is 34.4 Å². The number of rotatable bonds is 4. The predicted octanol–water partition coefficient (Wildman–Crippen LogP) is 2.61. The number of benzene rings is 1. The number of carbonyl (C=O) groups excluding carboxylic acids is 2. The molecule has 0 radical (unpaired) electrons. The van der Waals surface area contributed by atoms with Crippen molar-refractivity contribution in [2.75, 3.05) is 20.2 Å². The largest absolute Gasteiger partial charge is 0.381 e. The van der Waals surface area contributed by atoms with Crippen LogP contribution in [0.3, 0.4) is 0 Å². The summed E-state index contributed by atoms with van der Waals surface area (Å²) < 4.78 is 33.4. The van der Waals surface area contributed by atoms with Gasteiger partial charge >= 0.3 is 6.03 Å². The van der Waals surface area contributed by atoms with Gasteiger partial charge in [0.05, 0.1) is 12.1 Å². The molecule has 6 nitrogen and oxygen atoms in total. The number of piperazine rings is 1. The predicted molar refractivity (Wildman–Crippen MR) is 95.3 cm³/mol. The van der Waals surface area contributed by atoms with Crippen molar-refractivity contribution in [3.63, 3.8) is 0 Å². The maximum absolute atomic E-state index is 14.6. The first-order valence-corrected chi connectivity index (χ1v) is 9.22. The van der Waals surface area contributed by atoms with Gasteiger partial charge in [0.2, 0.25) is 5.91 Å².